The molecule has 0 aromatic rings. The van der Waals surface area contributed by atoms with Crippen molar-refractivity contribution < 1.29 is 14.4 Å². The summed E-state index contributed by atoms with van der Waals surface area (Å²) in [7, 11) is 0. The molecule has 1 rings (SSSR count). The van der Waals surface area contributed by atoms with E-state index in [1.165, 1.54) is 4.90 Å². The van der Waals surface area contributed by atoms with Crippen LogP contribution in [0, 0.1) is 0 Å². The van der Waals surface area contributed by atoms with Crippen molar-refractivity contribution in [3.05, 3.63) is 0 Å². The number of hydrogen-bond acceptors (Lipinski definition) is 3. The minimum absolute atomic E-state index is 0.0755. The van der Waals surface area contributed by atoms with Gasteiger partial charge < -0.3 is 0 Å². The Morgan fingerprint density at radius 3 is 2.27 bits per heavy atom. The number of nitrogens with zero attached hydrogens (tertiary/aromatic N) is 1. The van der Waals surface area contributed by atoms with Gasteiger partial charge >= 0.3 is 0 Å². The van der Waals surface area contributed by atoms with E-state index in [2.05, 4.69) is 0 Å². The molecule has 0 aliphatic carbocycles. The molecule has 1 aliphatic rings. The number of carbonyl (C=O) groups excluding carboxylic acids is 3. The average molecular weight is 232 g/mol. The summed E-state index contributed by atoms with van der Waals surface area (Å²) in [4.78, 5) is 34.1. The van der Waals surface area contributed by atoms with Crippen molar-refractivity contribution in [2.24, 2.45) is 0 Å². The molecule has 1 aliphatic heterocycles. The zero-order valence-corrected chi connectivity index (χ0v) is 9.26. The highest BCUT2D eigenvalue weighted by Gasteiger charge is 2.27. The third kappa shape index (κ3) is 4.00. The fourth-order valence-corrected chi connectivity index (χ4v) is 1.72. The Balaban J connectivity index is 2.12. The van der Waals surface area contributed by atoms with Gasteiger partial charge in [-0.2, -0.15) is 0 Å². The highest BCUT2D eigenvalue weighted by atomic mass is 35.5. The first-order valence-electron chi connectivity index (χ1n) is 5.13. The van der Waals surface area contributed by atoms with Crippen molar-refractivity contribution in [2.75, 3.05) is 6.54 Å². The second-order valence-electron chi connectivity index (χ2n) is 3.60. The molecule has 0 radical (unpaired) electrons. The summed E-state index contributed by atoms with van der Waals surface area (Å²) in [6.45, 7) is 0.480. The minimum Gasteiger partial charge on any atom is -0.283 e. The van der Waals surface area contributed by atoms with Crippen LogP contribution in [-0.4, -0.2) is 28.5 Å². The van der Waals surface area contributed by atoms with E-state index >= 15 is 0 Å². The lowest BCUT2D eigenvalue weighted by Gasteiger charge is -2.12. The van der Waals surface area contributed by atoms with Gasteiger partial charge in [-0.15, -0.1) is 0 Å². The first-order chi connectivity index (χ1) is 7.11. The number of likely N-dealkylation sites (tertiary alicyclic amines) is 1. The number of carbonyl (C=O) groups is 3. The van der Waals surface area contributed by atoms with Gasteiger partial charge in [0.1, 0.15) is 0 Å². The molecule has 1 saturated heterocycles. The van der Waals surface area contributed by atoms with Crippen LogP contribution in [0.25, 0.3) is 0 Å². The lowest BCUT2D eigenvalue weighted by Crippen LogP contribution is -2.29. The third-order valence-electron chi connectivity index (χ3n) is 2.41. The second kappa shape index (κ2) is 5.85. The molecule has 84 valence electrons. The molecule has 0 aromatic heterocycles. The van der Waals surface area contributed by atoms with Crippen LogP contribution in [0.2, 0.25) is 0 Å². The molecule has 0 spiro atoms. The summed E-state index contributed by atoms with van der Waals surface area (Å²) >= 11 is 5.17. The van der Waals surface area contributed by atoms with Gasteiger partial charge in [0.05, 0.1) is 0 Å². The number of imide groups is 1. The van der Waals surface area contributed by atoms with Crippen LogP contribution in [0.15, 0.2) is 0 Å². The van der Waals surface area contributed by atoms with Crippen LogP contribution in [0.5, 0.6) is 0 Å². The van der Waals surface area contributed by atoms with Crippen molar-refractivity contribution in [3.63, 3.8) is 0 Å². The molecule has 0 aromatic carbocycles. The third-order valence-corrected chi connectivity index (χ3v) is 2.60. The molecule has 1 heterocycles. The molecule has 0 bridgehead atoms. The zero-order chi connectivity index (χ0) is 11.3. The Bertz CT molecular complexity index is 262. The second-order valence-corrected chi connectivity index (χ2v) is 4.03. The molecule has 5 heteroatoms. The monoisotopic (exact) mass is 231 g/mol. The van der Waals surface area contributed by atoms with Gasteiger partial charge in [0.2, 0.25) is 17.1 Å². The Hall–Kier alpha value is -0.900. The average Bonchev–Trinajstić information content (AvgIpc) is 2.47. The normalized spacial score (nSPS) is 16.2. The maximum absolute atomic E-state index is 11.2. The highest BCUT2D eigenvalue weighted by Crippen LogP contribution is 2.13. The van der Waals surface area contributed by atoms with Crippen LogP contribution in [0.3, 0.4) is 0 Å². The minimum atomic E-state index is -0.330. The summed E-state index contributed by atoms with van der Waals surface area (Å²) in [6.07, 6.45) is 3.34. The van der Waals surface area contributed by atoms with E-state index in [1.54, 1.807) is 0 Å². The molecule has 0 atom stereocenters. The Morgan fingerprint density at radius 2 is 1.73 bits per heavy atom. The van der Waals surface area contributed by atoms with Gasteiger partial charge in [0, 0.05) is 25.8 Å². The topological polar surface area (TPSA) is 54.5 Å². The maximum Gasteiger partial charge on any atom is 0.229 e. The number of hydrogen-bond donors (Lipinski definition) is 0. The Labute approximate surface area is 93.6 Å². The quantitative estimate of drug-likeness (QED) is 0.395. The van der Waals surface area contributed by atoms with E-state index in [0.717, 1.165) is 19.3 Å². The van der Waals surface area contributed by atoms with E-state index in [1.807, 2.05) is 0 Å². The van der Waals surface area contributed by atoms with E-state index in [9.17, 15) is 14.4 Å². The molecular formula is C10H14ClNO3. The maximum atomic E-state index is 11.2. The van der Waals surface area contributed by atoms with Crippen LogP contribution >= 0.6 is 11.6 Å². The summed E-state index contributed by atoms with van der Waals surface area (Å²) in [5.41, 5.74) is 0. The Kier molecular flexibility index (Phi) is 4.75. The van der Waals surface area contributed by atoms with Crippen molar-refractivity contribution >= 4 is 28.7 Å². The van der Waals surface area contributed by atoms with E-state index in [-0.39, 0.29) is 17.1 Å². The van der Waals surface area contributed by atoms with Gasteiger partial charge in [-0.25, -0.2) is 0 Å². The summed E-state index contributed by atoms with van der Waals surface area (Å²) in [5, 5.41) is -0.330. The first-order valence-corrected chi connectivity index (χ1v) is 5.50. The van der Waals surface area contributed by atoms with Crippen molar-refractivity contribution in [1.82, 2.24) is 4.90 Å². The van der Waals surface area contributed by atoms with Crippen molar-refractivity contribution in [3.8, 4) is 0 Å². The predicted octanol–water partition coefficient (Wildman–Crippen LogP) is 1.46. The van der Waals surface area contributed by atoms with Crippen LogP contribution in [0.4, 0.5) is 0 Å². The van der Waals surface area contributed by atoms with Crippen LogP contribution < -0.4 is 0 Å². The highest BCUT2D eigenvalue weighted by molar-refractivity contribution is 6.63. The SMILES string of the molecule is O=C(Cl)CCCCCN1C(=O)CCC1=O. The molecule has 0 saturated carbocycles. The van der Waals surface area contributed by atoms with E-state index < -0.39 is 0 Å². The molecule has 1 fully saturated rings. The van der Waals surface area contributed by atoms with Gasteiger partial charge in [-0.1, -0.05) is 6.42 Å². The smallest absolute Gasteiger partial charge is 0.229 e. The lowest BCUT2D eigenvalue weighted by molar-refractivity contribution is -0.138. The van der Waals surface area contributed by atoms with Gasteiger partial charge in [-0.05, 0) is 24.4 Å². The number of amides is 2. The summed E-state index contributed by atoms with van der Waals surface area (Å²) < 4.78 is 0. The predicted molar refractivity (Wildman–Crippen MR) is 55.3 cm³/mol. The Morgan fingerprint density at radius 1 is 1.13 bits per heavy atom. The van der Waals surface area contributed by atoms with E-state index in [0.29, 0.717) is 25.8 Å². The standard InChI is InChI=1S/C10H14ClNO3/c11-8(13)4-2-1-3-7-12-9(14)5-6-10(12)15/h1-7H2. The number of rotatable bonds is 6. The van der Waals surface area contributed by atoms with Gasteiger partial charge in [0.25, 0.3) is 0 Å². The van der Waals surface area contributed by atoms with Gasteiger partial charge in [-0.3, -0.25) is 19.3 Å². The summed E-state index contributed by atoms with van der Waals surface area (Å²) in [6, 6.07) is 0. The molecule has 0 unspecified atom stereocenters. The summed E-state index contributed by atoms with van der Waals surface area (Å²) in [5.74, 6) is -0.151. The first kappa shape index (κ1) is 12.2. The number of halogens is 1. The van der Waals surface area contributed by atoms with E-state index in [4.69, 9.17) is 11.6 Å². The molecular weight excluding hydrogens is 218 g/mol. The number of unbranched alkanes of at least 4 members (excludes halogenated alkanes) is 2. The van der Waals surface area contributed by atoms with Gasteiger partial charge in [0.15, 0.2) is 0 Å². The largest absolute Gasteiger partial charge is 0.283 e. The fraction of sp³-hybridized carbons (Fsp3) is 0.700. The molecule has 2 amide bonds. The molecule has 0 N–H and O–H groups in total. The molecule has 15 heavy (non-hydrogen) atoms. The van der Waals surface area contributed by atoms with Crippen LogP contribution in [-0.2, 0) is 14.4 Å². The lowest BCUT2D eigenvalue weighted by atomic mass is 10.2. The van der Waals surface area contributed by atoms with Crippen molar-refractivity contribution in [1.29, 1.82) is 0 Å². The zero-order valence-electron chi connectivity index (χ0n) is 8.50. The molecule has 4 nitrogen and oxygen atoms in total. The van der Waals surface area contributed by atoms with Crippen LogP contribution in [0.1, 0.15) is 38.5 Å². The fourth-order valence-electron chi connectivity index (χ4n) is 1.58. The van der Waals surface area contributed by atoms with Crippen molar-refractivity contribution in [2.45, 2.75) is 38.5 Å².